The van der Waals surface area contributed by atoms with Crippen molar-refractivity contribution in [2.75, 3.05) is 24.6 Å². The number of anilines is 1. The lowest BCUT2D eigenvalue weighted by molar-refractivity contribution is 0.000937. The van der Waals surface area contributed by atoms with Gasteiger partial charge in [0.15, 0.2) is 5.82 Å². The maximum atomic E-state index is 17.4. The van der Waals surface area contributed by atoms with Gasteiger partial charge in [-0.1, -0.05) is 30.2 Å². The minimum atomic E-state index is -0.703. The Bertz CT molecular complexity index is 2300. The van der Waals surface area contributed by atoms with E-state index in [9.17, 15) is 4.79 Å². The van der Waals surface area contributed by atoms with Crippen LogP contribution in [0.3, 0.4) is 0 Å². The fourth-order valence-corrected chi connectivity index (χ4v) is 10.6. The predicted molar refractivity (Wildman–Crippen MR) is 200 cm³/mol. The molecule has 12 heteroatoms. The largest absolute Gasteiger partial charge is 0.472 e. The van der Waals surface area contributed by atoms with Crippen molar-refractivity contribution in [2.45, 2.75) is 120 Å². The van der Waals surface area contributed by atoms with Crippen LogP contribution in [0.25, 0.3) is 32.9 Å². The molecule has 7 heterocycles. The number of benzene rings is 2. The normalized spacial score (nSPS) is 27.8. The van der Waals surface area contributed by atoms with Crippen LogP contribution in [0, 0.1) is 24.0 Å². The van der Waals surface area contributed by atoms with E-state index in [1.54, 1.807) is 18.2 Å². The van der Waals surface area contributed by atoms with Crippen LogP contribution in [0.1, 0.15) is 84.6 Å². The monoisotopic (exact) mass is 734 g/mol. The molecule has 54 heavy (non-hydrogen) atoms. The Morgan fingerprint density at radius 3 is 2.65 bits per heavy atom. The Kier molecular flexibility index (Phi) is 7.27. The Hall–Kier alpha value is -4.76. The van der Waals surface area contributed by atoms with Gasteiger partial charge < -0.3 is 19.1 Å². The Labute approximate surface area is 313 Å². The smallest absolute Gasteiger partial charge is 0.410 e. The number of piperazine rings is 1. The van der Waals surface area contributed by atoms with Crippen LogP contribution in [0.4, 0.5) is 19.4 Å². The first-order chi connectivity index (χ1) is 25.9. The molecule has 1 unspecified atom stereocenters. The number of hydrogen-bond donors (Lipinski definition) is 0. The first-order valence-electron chi connectivity index (χ1n) is 19.3. The molecular formula is C42H44F2N6O4. The summed E-state index contributed by atoms with van der Waals surface area (Å²) in [5.74, 6) is 1.82. The summed E-state index contributed by atoms with van der Waals surface area (Å²) < 4.78 is 51.8. The molecule has 2 aromatic carbocycles. The highest BCUT2D eigenvalue weighted by molar-refractivity contribution is 6.03. The lowest BCUT2D eigenvalue weighted by Crippen LogP contribution is -2.65. The highest BCUT2D eigenvalue weighted by Crippen LogP contribution is 2.59. The lowest BCUT2D eigenvalue weighted by Gasteiger charge is -2.48. The van der Waals surface area contributed by atoms with Gasteiger partial charge in [-0.2, -0.15) is 9.97 Å². The summed E-state index contributed by atoms with van der Waals surface area (Å²) in [5, 5.41) is 1.37. The van der Waals surface area contributed by atoms with Gasteiger partial charge in [-0.05, 0) is 97.1 Å². The van der Waals surface area contributed by atoms with E-state index in [0.717, 1.165) is 38.6 Å². The molecule has 1 aliphatic carbocycles. The number of aromatic nitrogens is 3. The molecule has 280 valence electrons. The number of fused-ring (bicyclic) bond motifs is 8. The summed E-state index contributed by atoms with van der Waals surface area (Å²) in [5.41, 5.74) is -0.144. The van der Waals surface area contributed by atoms with E-state index in [4.69, 9.17) is 35.6 Å². The van der Waals surface area contributed by atoms with Gasteiger partial charge in [0.1, 0.15) is 46.5 Å². The first-order valence-corrected chi connectivity index (χ1v) is 19.3. The maximum Gasteiger partial charge on any atom is 0.410 e. The second-order valence-corrected chi connectivity index (χ2v) is 17.2. The van der Waals surface area contributed by atoms with Crippen LogP contribution in [-0.4, -0.2) is 91.4 Å². The van der Waals surface area contributed by atoms with Crippen molar-refractivity contribution in [1.29, 1.82) is 0 Å². The number of carbonyl (C=O) groups excluding carboxylic acids is 1. The number of terminal acetylenes is 1. The molecular weight excluding hydrogens is 690 g/mol. The molecule has 2 bridgehead atoms. The SMILES string of the molecule is C#Cc1c(F)ccc2cccc(-c3nc4c5c(nc(OCC67CCCN6C6(CC6)CC7)nc5c3F)N3C[C@H]5CC[C@@H]([C@H]3[C@H](C)O4)N5C(=O)OC(C)(C)C)c12. The van der Waals surface area contributed by atoms with Gasteiger partial charge in [-0.15, -0.1) is 6.42 Å². The second kappa shape index (κ2) is 11.6. The average Bonchev–Trinajstić information content (AvgIpc) is 3.61. The zero-order chi connectivity index (χ0) is 37.3. The Morgan fingerprint density at radius 2 is 1.87 bits per heavy atom. The van der Waals surface area contributed by atoms with E-state index in [1.807, 2.05) is 38.7 Å². The summed E-state index contributed by atoms with van der Waals surface area (Å²) >= 11 is 0. The number of halogens is 2. The predicted octanol–water partition coefficient (Wildman–Crippen LogP) is 7.38. The fraction of sp³-hybridized carbons (Fsp3) is 0.524. The first kappa shape index (κ1) is 33.8. The third-order valence-corrected chi connectivity index (χ3v) is 13.0. The topological polar surface area (TPSA) is 93.2 Å². The molecule has 4 saturated heterocycles. The summed E-state index contributed by atoms with van der Waals surface area (Å²) in [6.45, 7) is 9.46. The molecule has 0 radical (unpaired) electrons. The van der Waals surface area contributed by atoms with Crippen LogP contribution < -0.4 is 14.4 Å². The van der Waals surface area contributed by atoms with Gasteiger partial charge in [-0.3, -0.25) is 9.80 Å². The number of ether oxygens (including phenoxy) is 3. The third kappa shape index (κ3) is 4.92. The van der Waals surface area contributed by atoms with Crippen molar-refractivity contribution < 1.29 is 27.8 Å². The molecule has 0 N–H and O–H groups in total. The molecule has 4 aromatic rings. The third-order valence-electron chi connectivity index (χ3n) is 13.0. The molecule has 1 spiro atoms. The van der Waals surface area contributed by atoms with E-state index in [1.165, 1.54) is 25.3 Å². The molecule has 2 aromatic heterocycles. The summed E-state index contributed by atoms with van der Waals surface area (Å²) in [4.78, 5) is 35.1. The molecule has 1 saturated carbocycles. The van der Waals surface area contributed by atoms with Gasteiger partial charge >= 0.3 is 12.1 Å². The van der Waals surface area contributed by atoms with Crippen molar-refractivity contribution in [2.24, 2.45) is 0 Å². The van der Waals surface area contributed by atoms with Crippen LogP contribution in [0.2, 0.25) is 0 Å². The van der Waals surface area contributed by atoms with E-state index in [2.05, 4.69) is 15.7 Å². The highest BCUT2D eigenvalue weighted by atomic mass is 19.1. The zero-order valence-corrected chi connectivity index (χ0v) is 31.1. The van der Waals surface area contributed by atoms with Crippen molar-refractivity contribution >= 4 is 33.6 Å². The number of hydrogen-bond acceptors (Lipinski definition) is 9. The Morgan fingerprint density at radius 1 is 1.06 bits per heavy atom. The molecule has 10 nitrogen and oxygen atoms in total. The van der Waals surface area contributed by atoms with Gasteiger partial charge in [0.2, 0.25) is 5.88 Å². The van der Waals surface area contributed by atoms with E-state index < -0.39 is 23.3 Å². The highest BCUT2D eigenvalue weighted by Gasteiger charge is 2.62. The van der Waals surface area contributed by atoms with Gasteiger partial charge in [0, 0.05) is 23.0 Å². The summed E-state index contributed by atoms with van der Waals surface area (Å²) in [6, 6.07) is 7.54. The minimum Gasteiger partial charge on any atom is -0.472 e. The fourth-order valence-electron chi connectivity index (χ4n) is 10.6. The van der Waals surface area contributed by atoms with Crippen molar-refractivity contribution in [3.05, 3.63) is 47.5 Å². The van der Waals surface area contributed by atoms with Crippen molar-refractivity contribution in [3.8, 4) is 35.5 Å². The van der Waals surface area contributed by atoms with Crippen LogP contribution in [0.15, 0.2) is 30.3 Å². The van der Waals surface area contributed by atoms with E-state index in [0.29, 0.717) is 46.2 Å². The number of pyridine rings is 1. The maximum absolute atomic E-state index is 17.4. The number of amides is 1. The quantitative estimate of drug-likeness (QED) is 0.199. The molecule has 5 aliphatic heterocycles. The Balaban J connectivity index is 1.13. The van der Waals surface area contributed by atoms with Gasteiger partial charge in [-0.25, -0.2) is 18.6 Å². The molecule has 1 amide bonds. The van der Waals surface area contributed by atoms with Crippen molar-refractivity contribution in [3.63, 3.8) is 0 Å². The lowest BCUT2D eigenvalue weighted by atomic mass is 9.95. The number of carbonyl (C=O) groups is 1. The molecule has 5 fully saturated rings. The van der Waals surface area contributed by atoms with E-state index >= 15 is 8.78 Å². The zero-order valence-electron chi connectivity index (χ0n) is 31.1. The summed E-state index contributed by atoms with van der Waals surface area (Å²) in [6.07, 6.45) is 13.3. The van der Waals surface area contributed by atoms with Gasteiger partial charge in [0.05, 0.1) is 29.2 Å². The van der Waals surface area contributed by atoms with Crippen LogP contribution in [0.5, 0.6) is 11.9 Å². The van der Waals surface area contributed by atoms with Crippen LogP contribution in [-0.2, 0) is 4.74 Å². The van der Waals surface area contributed by atoms with Crippen LogP contribution >= 0.6 is 0 Å². The standard InChI is InChI=1S/C42H44F2N6O4/c1-6-26-28(43)13-11-24-9-7-10-27(30(24)26)33-32(44)34-31-36(47-38(46-34)52-22-42-15-8-20-49(42)41(16-17-41)18-19-42)48-21-25-12-14-29(35(48)23(2)53-37(31)45-33)50(25)39(51)54-40(3,4)5/h1,7,9-11,13,23,25,29,35H,8,12,14-22H2,2-5H3/t23-,25+,29-,35+,42?/m0/s1. The number of nitrogens with zero attached hydrogens (tertiary/aromatic N) is 6. The second-order valence-electron chi connectivity index (χ2n) is 17.2. The molecule has 5 atom stereocenters. The summed E-state index contributed by atoms with van der Waals surface area (Å²) in [7, 11) is 0. The average molecular weight is 735 g/mol. The minimum absolute atomic E-state index is 0.00583. The van der Waals surface area contributed by atoms with Gasteiger partial charge in [0.25, 0.3) is 0 Å². The molecule has 6 aliphatic rings. The van der Waals surface area contributed by atoms with Crippen molar-refractivity contribution in [1.82, 2.24) is 24.8 Å². The van der Waals surface area contributed by atoms with E-state index in [-0.39, 0.29) is 58.4 Å². The number of rotatable bonds is 4. The molecule has 10 rings (SSSR count).